The van der Waals surface area contributed by atoms with Crippen LogP contribution in [-0.4, -0.2) is 118 Å². The fourth-order valence-electron chi connectivity index (χ4n) is 11.1. The van der Waals surface area contributed by atoms with Crippen molar-refractivity contribution in [2.24, 2.45) is 10.8 Å². The molecule has 3 aliphatic heterocycles. The summed E-state index contributed by atoms with van der Waals surface area (Å²) in [4.78, 5) is 32.7. The lowest BCUT2D eigenvalue weighted by Crippen LogP contribution is -2.61. The number of aliphatic hydroxyl groups is 1. The minimum Gasteiger partial charge on any atom is -0.508 e. The van der Waals surface area contributed by atoms with E-state index in [1.54, 1.807) is 13.8 Å². The third-order valence-electron chi connectivity index (χ3n) is 13.9. The van der Waals surface area contributed by atoms with Crippen molar-refractivity contribution in [1.29, 1.82) is 0 Å². The molecule has 3 atom stereocenters. The van der Waals surface area contributed by atoms with E-state index in [-0.39, 0.29) is 93.1 Å². The number of carbonyl (C=O) groups is 1. The maximum Gasteiger partial charge on any atom is 0.319 e. The van der Waals surface area contributed by atoms with Gasteiger partial charge in [-0.05, 0) is 88.4 Å². The van der Waals surface area contributed by atoms with Crippen molar-refractivity contribution < 1.29 is 38.0 Å². The Labute approximate surface area is 342 Å². The number of hydrogen-bond acceptors (Lipinski definition) is 11. The highest BCUT2D eigenvalue weighted by atomic mass is 19.1. The van der Waals surface area contributed by atoms with E-state index < -0.39 is 17.2 Å². The van der Waals surface area contributed by atoms with Crippen molar-refractivity contribution >= 4 is 33.4 Å². The molecule has 0 unspecified atom stereocenters. The van der Waals surface area contributed by atoms with E-state index in [2.05, 4.69) is 15.8 Å². The summed E-state index contributed by atoms with van der Waals surface area (Å²) in [5.74, 6) is 1.08. The van der Waals surface area contributed by atoms with Crippen molar-refractivity contribution in [3.8, 4) is 41.2 Å². The summed E-state index contributed by atoms with van der Waals surface area (Å²) >= 11 is 0. The standard InChI is InChI=1S/C45H52F2N6O6/c1-5-31-33(46)10-9-28-20-30(55)21-32(35(28)31)38-37(47)39-36(41(48-38)57-4)40(51-18-19-58-25-43(3,56)22-51)50-42(49-39)59-26-45-13-6-8-34(45)53(17-7-14-45)29-11-15-44(16-12-29)23-52(24-44)27(2)54/h1,9-10,20-21,29,34,55-56H,6-8,11-19,22-26H2,2-4H3/t34-,43+,45-/m1/s1. The summed E-state index contributed by atoms with van der Waals surface area (Å²) in [6, 6.07) is 6.20. The Morgan fingerprint density at radius 1 is 1.03 bits per heavy atom. The Kier molecular flexibility index (Phi) is 10.1. The smallest absolute Gasteiger partial charge is 0.319 e. The molecule has 312 valence electrons. The Morgan fingerprint density at radius 3 is 2.56 bits per heavy atom. The number of ether oxygens (including phenoxy) is 3. The average Bonchev–Trinajstić information content (AvgIpc) is 3.56. The number of halogens is 2. The van der Waals surface area contributed by atoms with Crippen molar-refractivity contribution in [3.63, 3.8) is 0 Å². The molecule has 14 heteroatoms. The Morgan fingerprint density at radius 2 is 1.81 bits per heavy atom. The third-order valence-corrected chi connectivity index (χ3v) is 13.9. The van der Waals surface area contributed by atoms with Gasteiger partial charge in [0.2, 0.25) is 11.8 Å². The van der Waals surface area contributed by atoms with E-state index in [4.69, 9.17) is 30.6 Å². The van der Waals surface area contributed by atoms with Crippen LogP contribution in [0.2, 0.25) is 0 Å². The number of terminal acetylenes is 1. The summed E-state index contributed by atoms with van der Waals surface area (Å²) in [7, 11) is 1.40. The number of anilines is 1. The Bertz CT molecular complexity index is 2350. The van der Waals surface area contributed by atoms with E-state index in [0.29, 0.717) is 30.6 Å². The predicted molar refractivity (Wildman–Crippen MR) is 218 cm³/mol. The van der Waals surface area contributed by atoms with E-state index in [1.807, 2.05) is 9.80 Å². The van der Waals surface area contributed by atoms with Crippen molar-refractivity contribution in [2.75, 3.05) is 64.6 Å². The summed E-state index contributed by atoms with van der Waals surface area (Å²) in [6.07, 6.45) is 15.5. The van der Waals surface area contributed by atoms with Gasteiger partial charge < -0.3 is 34.2 Å². The van der Waals surface area contributed by atoms with Crippen LogP contribution in [-0.2, 0) is 9.53 Å². The normalized spacial score (nSPS) is 26.1. The van der Waals surface area contributed by atoms with Crippen LogP contribution in [0.5, 0.6) is 17.6 Å². The number of rotatable bonds is 7. The first kappa shape index (κ1) is 39.6. The maximum atomic E-state index is 17.4. The van der Waals surface area contributed by atoms with Gasteiger partial charge in [-0.2, -0.15) is 9.97 Å². The van der Waals surface area contributed by atoms with Crippen molar-refractivity contribution in [3.05, 3.63) is 41.5 Å². The first-order valence-corrected chi connectivity index (χ1v) is 20.9. The number of phenolic OH excluding ortho intramolecular Hbond substituents is 1. The van der Waals surface area contributed by atoms with Gasteiger partial charge >= 0.3 is 6.01 Å². The SMILES string of the molecule is C#Cc1c(F)ccc2cc(O)cc(-c3nc(OC)c4c(N5CCOC[C@@](C)(O)C5)nc(OC[C@]56CCC[C@H]5N(C5CCC7(CC5)CN(C(C)=O)C7)CCC6)nc4c3F)c12. The highest BCUT2D eigenvalue weighted by Crippen LogP contribution is 2.52. The molecular weight excluding hydrogens is 759 g/mol. The summed E-state index contributed by atoms with van der Waals surface area (Å²) in [5, 5.41) is 22.8. The van der Waals surface area contributed by atoms with Crippen molar-refractivity contribution in [1.82, 2.24) is 24.8 Å². The fourth-order valence-corrected chi connectivity index (χ4v) is 11.1. The van der Waals surface area contributed by atoms with Gasteiger partial charge in [0.25, 0.3) is 0 Å². The number of aromatic hydroxyl groups is 1. The average molecular weight is 811 g/mol. The first-order chi connectivity index (χ1) is 28.3. The van der Waals surface area contributed by atoms with Crippen LogP contribution in [0.15, 0.2) is 24.3 Å². The zero-order valence-electron chi connectivity index (χ0n) is 34.0. The molecule has 5 heterocycles. The number of methoxy groups -OCH3 is 1. The number of benzene rings is 2. The van der Waals surface area contributed by atoms with E-state index >= 15 is 8.78 Å². The number of β-amino-alcohol motifs (C(OH)–C–C–N with tert-alkyl or cyclic N) is 1. The molecule has 2 N–H and O–H groups in total. The Hall–Kier alpha value is -4.84. The molecular formula is C45H52F2N6O6. The molecule has 3 saturated heterocycles. The molecule has 1 amide bonds. The first-order valence-electron chi connectivity index (χ1n) is 20.9. The van der Waals surface area contributed by atoms with Crippen LogP contribution in [0.3, 0.4) is 0 Å². The minimum absolute atomic E-state index is 0.0135. The number of piperidine rings is 1. The Balaban J connectivity index is 1.09. The number of hydrogen-bond donors (Lipinski definition) is 2. The second kappa shape index (κ2) is 15.0. The minimum atomic E-state index is -1.25. The van der Waals surface area contributed by atoms with Gasteiger partial charge in [-0.25, -0.2) is 13.8 Å². The molecule has 59 heavy (non-hydrogen) atoms. The lowest BCUT2D eigenvalue weighted by atomic mass is 9.66. The van der Waals surface area contributed by atoms with Crippen LogP contribution < -0.4 is 14.4 Å². The molecule has 2 saturated carbocycles. The number of fused-ring (bicyclic) bond motifs is 3. The number of likely N-dealkylation sites (tertiary alicyclic amines) is 2. The lowest BCUT2D eigenvalue weighted by molar-refractivity contribution is -0.144. The number of nitrogens with zero attached hydrogens (tertiary/aromatic N) is 6. The van der Waals surface area contributed by atoms with Crippen molar-refractivity contribution in [2.45, 2.75) is 89.3 Å². The molecule has 5 fully saturated rings. The molecule has 2 aromatic heterocycles. The van der Waals surface area contributed by atoms with Crippen LogP contribution in [0.1, 0.15) is 77.2 Å². The van der Waals surface area contributed by atoms with E-state index in [0.717, 1.165) is 77.4 Å². The molecule has 0 radical (unpaired) electrons. The van der Waals surface area contributed by atoms with Crippen LogP contribution >= 0.6 is 0 Å². The molecule has 1 spiro atoms. The predicted octanol–water partition coefficient (Wildman–Crippen LogP) is 6.21. The monoisotopic (exact) mass is 810 g/mol. The maximum absolute atomic E-state index is 17.4. The van der Waals surface area contributed by atoms with E-state index in [9.17, 15) is 15.0 Å². The van der Waals surface area contributed by atoms with Crippen LogP contribution in [0.4, 0.5) is 14.6 Å². The lowest BCUT2D eigenvalue weighted by Gasteiger charge is -2.56. The topological polar surface area (TPSA) is 134 Å². The summed E-state index contributed by atoms with van der Waals surface area (Å²) in [5.41, 5.74) is -1.54. The zero-order chi connectivity index (χ0) is 41.3. The summed E-state index contributed by atoms with van der Waals surface area (Å²) < 4.78 is 50.8. The molecule has 9 rings (SSSR count). The zero-order valence-corrected chi connectivity index (χ0v) is 34.0. The molecule has 5 aliphatic rings. The molecule has 2 aromatic carbocycles. The van der Waals surface area contributed by atoms with Gasteiger partial charge in [-0.1, -0.05) is 18.4 Å². The fraction of sp³-hybridized carbons (Fsp3) is 0.556. The molecule has 12 nitrogen and oxygen atoms in total. The number of aromatic nitrogens is 3. The second-order valence-electron chi connectivity index (χ2n) is 18.0. The van der Waals surface area contributed by atoms with Gasteiger partial charge in [-0.15, -0.1) is 6.42 Å². The molecule has 4 aromatic rings. The number of amides is 1. The third kappa shape index (κ3) is 6.98. The molecule has 0 bridgehead atoms. The highest BCUT2D eigenvalue weighted by Gasteiger charge is 2.52. The van der Waals surface area contributed by atoms with Gasteiger partial charge in [0, 0.05) is 60.4 Å². The van der Waals surface area contributed by atoms with Crippen LogP contribution in [0.25, 0.3) is 32.9 Å². The summed E-state index contributed by atoms with van der Waals surface area (Å²) in [6.45, 7) is 7.31. The van der Waals surface area contributed by atoms with Gasteiger partial charge in [0.15, 0.2) is 5.82 Å². The number of carbonyl (C=O) groups excluding carboxylic acids is 1. The number of pyridine rings is 1. The van der Waals surface area contributed by atoms with Gasteiger partial charge in [-0.3, -0.25) is 9.69 Å². The quantitative estimate of drug-likeness (QED) is 0.207. The largest absolute Gasteiger partial charge is 0.508 e. The molecule has 2 aliphatic carbocycles. The highest BCUT2D eigenvalue weighted by molar-refractivity contribution is 6.04. The van der Waals surface area contributed by atoms with Crippen LogP contribution in [0, 0.1) is 34.8 Å². The van der Waals surface area contributed by atoms with Gasteiger partial charge in [0.1, 0.15) is 39.6 Å². The number of phenols is 1. The van der Waals surface area contributed by atoms with Gasteiger partial charge in [0.05, 0.1) is 39.0 Å². The second-order valence-corrected chi connectivity index (χ2v) is 18.0. The van der Waals surface area contributed by atoms with E-state index in [1.165, 1.54) is 31.4 Å².